The van der Waals surface area contributed by atoms with E-state index >= 15 is 0 Å². The molecule has 1 aromatic carbocycles. The van der Waals surface area contributed by atoms with Gasteiger partial charge in [0.25, 0.3) is 5.56 Å². The number of amides is 1. The maximum Gasteiger partial charge on any atom is 0.340 e. The molecule has 2 N–H and O–H groups in total. The fourth-order valence-corrected chi connectivity index (χ4v) is 4.80. The first kappa shape index (κ1) is 20.6. The highest BCUT2D eigenvalue weighted by Crippen LogP contribution is 2.54. The molecule has 0 aliphatic carbocycles. The van der Waals surface area contributed by atoms with Crippen molar-refractivity contribution in [2.75, 3.05) is 19.1 Å². The summed E-state index contributed by atoms with van der Waals surface area (Å²) in [4.78, 5) is 42.4. The minimum atomic E-state index is -1.81. The third-order valence-corrected chi connectivity index (χ3v) is 6.27. The number of likely N-dealkylation sites (N-methyl/N-ethyl adjacent to an activating group) is 1. The minimum Gasteiger partial charge on any atom is -0.467 e. The van der Waals surface area contributed by atoms with E-state index in [1.165, 1.54) is 22.8 Å². The van der Waals surface area contributed by atoms with Crippen molar-refractivity contribution in [3.8, 4) is 5.75 Å². The number of pyridine rings is 1. The van der Waals surface area contributed by atoms with Gasteiger partial charge in [-0.2, -0.15) is 0 Å². The number of ether oxygens (including phenoxy) is 2. The van der Waals surface area contributed by atoms with Gasteiger partial charge in [-0.1, -0.05) is 18.2 Å². The molecule has 0 saturated carbocycles. The number of para-hydroxylation sites is 1. The summed E-state index contributed by atoms with van der Waals surface area (Å²) in [6.07, 6.45) is 1.52. The Bertz CT molecular complexity index is 1400. The summed E-state index contributed by atoms with van der Waals surface area (Å²) in [5.41, 5.74) is 5.27. The average molecular weight is 447 g/mol. The van der Waals surface area contributed by atoms with Gasteiger partial charge in [-0.05, 0) is 25.1 Å². The smallest absolute Gasteiger partial charge is 0.340 e. The highest BCUT2D eigenvalue weighted by molar-refractivity contribution is 6.18. The normalized spacial score (nSPS) is 18.9. The van der Waals surface area contributed by atoms with E-state index in [2.05, 4.69) is 0 Å². The van der Waals surface area contributed by atoms with Crippen LogP contribution in [0.5, 0.6) is 5.75 Å². The molecule has 9 heteroatoms. The van der Waals surface area contributed by atoms with Gasteiger partial charge in [-0.25, -0.2) is 4.79 Å². The number of methoxy groups -OCH3 is 1. The molecule has 2 aliphatic heterocycles. The Balaban J connectivity index is 1.90. The fourth-order valence-electron chi connectivity index (χ4n) is 4.80. The van der Waals surface area contributed by atoms with Crippen LogP contribution in [0.3, 0.4) is 0 Å². The van der Waals surface area contributed by atoms with Crippen LogP contribution in [0.1, 0.15) is 22.6 Å². The van der Waals surface area contributed by atoms with E-state index in [9.17, 15) is 14.4 Å². The Morgan fingerprint density at radius 3 is 2.64 bits per heavy atom. The number of carbonyl (C=O) groups is 2. The number of nitrogens with two attached hydrogens (primary N) is 1. The number of rotatable bonds is 3. The largest absolute Gasteiger partial charge is 0.467 e. The zero-order chi connectivity index (χ0) is 23.5. The SMILES string of the molecule is COC(=O)C1=C(N)Oc2cc(C)n(Cc3ccco3)c(=O)c2[C@]12C(=O)N(C)c1ccccc12. The van der Waals surface area contributed by atoms with Gasteiger partial charge in [0.15, 0.2) is 0 Å². The number of hydrogen-bond acceptors (Lipinski definition) is 7. The van der Waals surface area contributed by atoms with Gasteiger partial charge < -0.3 is 29.1 Å². The lowest BCUT2D eigenvalue weighted by molar-refractivity contribution is -0.138. The number of esters is 1. The number of carbonyl (C=O) groups excluding carboxylic acids is 2. The van der Waals surface area contributed by atoms with Crippen molar-refractivity contribution in [3.63, 3.8) is 0 Å². The molecule has 3 aromatic rings. The summed E-state index contributed by atoms with van der Waals surface area (Å²) in [6.45, 7) is 1.88. The zero-order valence-corrected chi connectivity index (χ0v) is 18.2. The Morgan fingerprint density at radius 2 is 1.94 bits per heavy atom. The molecule has 5 rings (SSSR count). The van der Waals surface area contributed by atoms with E-state index < -0.39 is 22.9 Å². The van der Waals surface area contributed by atoms with Crippen LogP contribution in [-0.2, 0) is 26.3 Å². The predicted molar refractivity (Wildman–Crippen MR) is 118 cm³/mol. The van der Waals surface area contributed by atoms with Gasteiger partial charge in [0, 0.05) is 30.1 Å². The molecule has 1 atom stereocenters. The van der Waals surface area contributed by atoms with Crippen LogP contribution in [0.15, 0.2) is 69.4 Å². The lowest BCUT2D eigenvalue weighted by atomic mass is 9.68. The molecule has 168 valence electrons. The van der Waals surface area contributed by atoms with Gasteiger partial charge in [0.2, 0.25) is 11.8 Å². The highest BCUT2D eigenvalue weighted by atomic mass is 16.5. The summed E-state index contributed by atoms with van der Waals surface area (Å²) < 4.78 is 17.6. The topological polar surface area (TPSA) is 117 Å². The van der Waals surface area contributed by atoms with Crippen LogP contribution < -0.4 is 20.9 Å². The van der Waals surface area contributed by atoms with Gasteiger partial charge in [0.1, 0.15) is 22.5 Å². The summed E-state index contributed by atoms with van der Waals surface area (Å²) in [7, 11) is 2.77. The second-order valence-electron chi connectivity index (χ2n) is 7.96. The van der Waals surface area contributed by atoms with E-state index in [0.29, 0.717) is 22.7 Å². The lowest BCUT2D eigenvalue weighted by Gasteiger charge is -2.35. The summed E-state index contributed by atoms with van der Waals surface area (Å²) in [6, 6.07) is 12.1. The summed E-state index contributed by atoms with van der Waals surface area (Å²) in [5.74, 6) is -0.951. The number of hydrogen-bond donors (Lipinski definition) is 1. The van der Waals surface area contributed by atoms with Gasteiger partial charge in [0.05, 0.1) is 25.5 Å². The summed E-state index contributed by atoms with van der Waals surface area (Å²) >= 11 is 0. The molecular weight excluding hydrogens is 426 g/mol. The van der Waals surface area contributed by atoms with Gasteiger partial charge in [-0.15, -0.1) is 0 Å². The molecule has 1 spiro atoms. The molecule has 0 bridgehead atoms. The molecule has 33 heavy (non-hydrogen) atoms. The molecule has 2 aliphatic rings. The van der Waals surface area contributed by atoms with Crippen LogP contribution in [-0.4, -0.2) is 30.6 Å². The molecule has 0 fully saturated rings. The van der Waals surface area contributed by atoms with E-state index in [1.807, 2.05) is 0 Å². The Hall–Kier alpha value is -4.27. The number of nitrogens with zero attached hydrogens (tertiary/aromatic N) is 2. The molecule has 0 radical (unpaired) electrons. The van der Waals surface area contributed by atoms with Crippen LogP contribution >= 0.6 is 0 Å². The Labute approximate surface area is 188 Å². The minimum absolute atomic E-state index is 0.0102. The first-order chi connectivity index (χ1) is 15.8. The number of benzene rings is 1. The summed E-state index contributed by atoms with van der Waals surface area (Å²) in [5, 5.41) is 0. The van der Waals surface area contributed by atoms with Crippen LogP contribution in [0.4, 0.5) is 5.69 Å². The van der Waals surface area contributed by atoms with E-state index in [4.69, 9.17) is 19.6 Å². The molecule has 1 amide bonds. The van der Waals surface area contributed by atoms with Crippen molar-refractivity contribution in [2.45, 2.75) is 18.9 Å². The first-order valence-electron chi connectivity index (χ1n) is 10.2. The molecule has 2 aromatic heterocycles. The van der Waals surface area contributed by atoms with Crippen molar-refractivity contribution in [1.82, 2.24) is 4.57 Å². The van der Waals surface area contributed by atoms with Gasteiger partial charge in [-0.3, -0.25) is 9.59 Å². The van der Waals surface area contributed by atoms with Crippen LogP contribution in [0, 0.1) is 6.92 Å². The fraction of sp³-hybridized carbons (Fsp3) is 0.208. The Kier molecular flexibility index (Phi) is 4.45. The molecule has 4 heterocycles. The predicted octanol–water partition coefficient (Wildman–Crippen LogP) is 1.80. The third-order valence-electron chi connectivity index (χ3n) is 6.27. The zero-order valence-electron chi connectivity index (χ0n) is 18.2. The number of anilines is 1. The quantitative estimate of drug-likeness (QED) is 0.609. The molecular formula is C24H21N3O6. The van der Waals surface area contributed by atoms with E-state index in [1.54, 1.807) is 56.4 Å². The molecule has 0 saturated heterocycles. The van der Waals surface area contributed by atoms with Crippen LogP contribution in [0.2, 0.25) is 0 Å². The van der Waals surface area contributed by atoms with Crippen LogP contribution in [0.25, 0.3) is 0 Å². The second-order valence-corrected chi connectivity index (χ2v) is 7.96. The number of furan rings is 1. The highest BCUT2D eigenvalue weighted by Gasteiger charge is 2.61. The number of fused-ring (bicyclic) bond motifs is 4. The monoisotopic (exact) mass is 447 g/mol. The third kappa shape index (κ3) is 2.62. The maximum atomic E-state index is 14.0. The second kappa shape index (κ2) is 7.13. The lowest BCUT2D eigenvalue weighted by Crippen LogP contribution is -2.51. The van der Waals surface area contributed by atoms with Crippen molar-refractivity contribution < 1.29 is 23.5 Å². The standard InChI is InChI=1S/C24H21N3O6/c1-13-11-17-18(21(28)27(13)12-14-7-6-10-32-14)24(19(20(25)33-17)22(29)31-3)15-8-4-5-9-16(15)26(2)23(24)30/h4-11H,12,25H2,1-3H3/t24-/m0/s1. The molecule has 9 nitrogen and oxygen atoms in total. The Morgan fingerprint density at radius 1 is 1.18 bits per heavy atom. The van der Waals surface area contributed by atoms with E-state index in [-0.39, 0.29) is 29.3 Å². The maximum absolute atomic E-state index is 14.0. The number of aryl methyl sites for hydroxylation is 1. The van der Waals surface area contributed by atoms with Gasteiger partial charge >= 0.3 is 5.97 Å². The van der Waals surface area contributed by atoms with Crippen molar-refractivity contribution in [1.29, 1.82) is 0 Å². The van der Waals surface area contributed by atoms with E-state index in [0.717, 1.165) is 0 Å². The average Bonchev–Trinajstić information content (AvgIpc) is 3.39. The molecule has 0 unspecified atom stereocenters. The first-order valence-corrected chi connectivity index (χ1v) is 10.2. The van der Waals surface area contributed by atoms with Crippen molar-refractivity contribution >= 4 is 17.6 Å². The van der Waals surface area contributed by atoms with Crippen molar-refractivity contribution in [3.05, 3.63) is 93.1 Å². The number of aromatic nitrogens is 1. The van der Waals surface area contributed by atoms with Crippen molar-refractivity contribution in [2.24, 2.45) is 5.73 Å².